The van der Waals surface area contributed by atoms with Crippen LogP contribution in [0.4, 0.5) is 11.8 Å². The first-order valence-electron chi connectivity index (χ1n) is 3.73. The lowest BCUT2D eigenvalue weighted by molar-refractivity contribution is -0.105. The van der Waals surface area contributed by atoms with Crippen molar-refractivity contribution >= 4 is 24.3 Å². The second kappa shape index (κ2) is 4.20. The molecule has 0 radical (unpaired) electrons. The normalized spacial score (nSPS) is 10.2. The maximum Gasteiger partial charge on any atom is 0.221 e. The Hall–Kier alpha value is -1.91. The summed E-state index contributed by atoms with van der Waals surface area (Å²) in [6, 6.07) is 0. The molecular weight excluding hydrogens is 168 g/mol. The molecule has 0 aliphatic carbocycles. The van der Waals surface area contributed by atoms with Crippen LogP contribution in [0.5, 0.6) is 0 Å². The number of nitrogens with zero attached hydrogens (tertiary/aromatic N) is 2. The largest absolute Gasteiger partial charge is 0.368 e. The molecular formula is C8H10N4O. The molecule has 1 aromatic heterocycles. The van der Waals surface area contributed by atoms with E-state index in [2.05, 4.69) is 15.3 Å². The minimum absolute atomic E-state index is 0.137. The van der Waals surface area contributed by atoms with E-state index in [0.717, 1.165) is 5.56 Å². The van der Waals surface area contributed by atoms with E-state index in [1.807, 2.05) is 13.0 Å². The van der Waals surface area contributed by atoms with Gasteiger partial charge in [-0.2, -0.15) is 4.98 Å². The Labute approximate surface area is 75.7 Å². The number of rotatable bonds is 3. The molecule has 0 bridgehead atoms. The zero-order valence-electron chi connectivity index (χ0n) is 7.19. The van der Waals surface area contributed by atoms with E-state index in [0.29, 0.717) is 12.2 Å². The lowest BCUT2D eigenvalue weighted by atomic mass is 10.3. The van der Waals surface area contributed by atoms with E-state index in [-0.39, 0.29) is 5.95 Å². The lowest BCUT2D eigenvalue weighted by Gasteiger charge is -2.02. The van der Waals surface area contributed by atoms with Crippen LogP contribution in [0.1, 0.15) is 12.5 Å². The van der Waals surface area contributed by atoms with Crippen molar-refractivity contribution in [2.45, 2.75) is 6.92 Å². The van der Waals surface area contributed by atoms with Crippen molar-refractivity contribution in [2.24, 2.45) is 0 Å². The van der Waals surface area contributed by atoms with Gasteiger partial charge >= 0.3 is 0 Å². The molecule has 1 aromatic rings. The molecule has 5 nitrogen and oxygen atoms in total. The van der Waals surface area contributed by atoms with Crippen molar-refractivity contribution in [3.05, 3.63) is 17.8 Å². The molecule has 0 fully saturated rings. The van der Waals surface area contributed by atoms with Gasteiger partial charge in [0.05, 0.1) is 0 Å². The number of carbonyl (C=O) groups is 1. The number of hydrogen-bond acceptors (Lipinski definition) is 4. The van der Waals surface area contributed by atoms with E-state index < -0.39 is 0 Å². The summed E-state index contributed by atoms with van der Waals surface area (Å²) >= 11 is 0. The Morgan fingerprint density at radius 1 is 1.62 bits per heavy atom. The van der Waals surface area contributed by atoms with E-state index in [1.165, 1.54) is 0 Å². The first-order chi connectivity index (χ1) is 6.27. The summed E-state index contributed by atoms with van der Waals surface area (Å²) in [5.41, 5.74) is 6.08. The Bertz CT molecular complexity index is 335. The van der Waals surface area contributed by atoms with E-state index in [4.69, 9.17) is 5.73 Å². The molecule has 0 saturated heterocycles. The van der Waals surface area contributed by atoms with Crippen molar-refractivity contribution in [1.82, 2.24) is 9.97 Å². The molecule has 1 heterocycles. The number of nitrogens with two attached hydrogens (primary N) is 1. The van der Waals surface area contributed by atoms with Crippen LogP contribution >= 0.6 is 0 Å². The van der Waals surface area contributed by atoms with Crippen molar-refractivity contribution in [3.8, 4) is 0 Å². The maximum absolute atomic E-state index is 10.2. The minimum Gasteiger partial charge on any atom is -0.368 e. The minimum atomic E-state index is 0.137. The van der Waals surface area contributed by atoms with Gasteiger partial charge in [0.25, 0.3) is 0 Å². The van der Waals surface area contributed by atoms with Crippen LogP contribution in [0, 0.1) is 0 Å². The lowest BCUT2D eigenvalue weighted by Crippen LogP contribution is -2.03. The van der Waals surface area contributed by atoms with Crippen LogP contribution in [0.15, 0.2) is 12.3 Å². The quantitative estimate of drug-likeness (QED) is 0.666. The molecule has 68 valence electrons. The van der Waals surface area contributed by atoms with Gasteiger partial charge < -0.3 is 11.1 Å². The Morgan fingerprint density at radius 3 is 3.00 bits per heavy atom. The smallest absolute Gasteiger partial charge is 0.221 e. The summed E-state index contributed by atoms with van der Waals surface area (Å²) in [6.45, 7) is 1.86. The van der Waals surface area contributed by atoms with Crippen LogP contribution in [-0.2, 0) is 4.79 Å². The number of carbonyl (C=O) groups excluding carboxylic acids is 1. The van der Waals surface area contributed by atoms with Gasteiger partial charge in [0.2, 0.25) is 12.4 Å². The van der Waals surface area contributed by atoms with Crippen LogP contribution in [0.2, 0.25) is 0 Å². The fraction of sp³-hybridized carbons (Fsp3) is 0.125. The molecule has 5 heteroatoms. The zero-order valence-corrected chi connectivity index (χ0v) is 7.19. The molecule has 13 heavy (non-hydrogen) atoms. The number of allylic oxidation sites excluding steroid dienone is 1. The van der Waals surface area contributed by atoms with Crippen LogP contribution < -0.4 is 11.1 Å². The number of nitrogens with one attached hydrogen (secondary N) is 1. The highest BCUT2D eigenvalue weighted by Crippen LogP contribution is 2.13. The predicted octanol–water partition coefficient (Wildman–Crippen LogP) is 0.660. The second-order valence-corrected chi connectivity index (χ2v) is 2.29. The van der Waals surface area contributed by atoms with Crippen molar-refractivity contribution < 1.29 is 4.79 Å². The van der Waals surface area contributed by atoms with Gasteiger partial charge in [0, 0.05) is 11.8 Å². The first kappa shape index (κ1) is 9.18. The molecule has 3 N–H and O–H groups in total. The van der Waals surface area contributed by atoms with Gasteiger partial charge in [-0.1, -0.05) is 12.2 Å². The molecule has 1 amide bonds. The van der Waals surface area contributed by atoms with Gasteiger partial charge in [0.15, 0.2) is 0 Å². The molecule has 0 spiro atoms. The fourth-order valence-corrected chi connectivity index (χ4v) is 0.878. The molecule has 1 rings (SSSR count). The van der Waals surface area contributed by atoms with E-state index in [9.17, 15) is 4.79 Å². The fourth-order valence-electron chi connectivity index (χ4n) is 0.878. The summed E-state index contributed by atoms with van der Waals surface area (Å²) in [7, 11) is 0. The number of anilines is 2. The summed E-state index contributed by atoms with van der Waals surface area (Å²) in [5.74, 6) is 0.554. The van der Waals surface area contributed by atoms with Gasteiger partial charge in [-0.15, -0.1) is 0 Å². The SMILES string of the molecule is C/C=C\c1cnc(N)nc1NC=O. The summed E-state index contributed by atoms with van der Waals surface area (Å²) in [4.78, 5) is 17.9. The third-order valence-corrected chi connectivity index (χ3v) is 1.38. The number of nitrogen functional groups attached to an aromatic ring is 1. The first-order valence-corrected chi connectivity index (χ1v) is 3.73. The number of amides is 1. The highest BCUT2D eigenvalue weighted by atomic mass is 16.1. The van der Waals surface area contributed by atoms with Crippen LogP contribution in [0.3, 0.4) is 0 Å². The zero-order chi connectivity index (χ0) is 9.68. The third-order valence-electron chi connectivity index (χ3n) is 1.38. The Balaban J connectivity index is 3.09. The van der Waals surface area contributed by atoms with Crippen molar-refractivity contribution in [2.75, 3.05) is 11.1 Å². The molecule has 0 aliphatic rings. The van der Waals surface area contributed by atoms with E-state index >= 15 is 0 Å². The Kier molecular flexibility index (Phi) is 2.97. The van der Waals surface area contributed by atoms with Gasteiger partial charge in [-0.05, 0) is 6.92 Å². The summed E-state index contributed by atoms with van der Waals surface area (Å²) in [6.07, 6.45) is 5.71. The average molecular weight is 178 g/mol. The number of hydrogen-bond donors (Lipinski definition) is 2. The van der Waals surface area contributed by atoms with Gasteiger partial charge in [-0.3, -0.25) is 4.79 Å². The standard InChI is InChI=1S/C8H10N4O/c1-2-3-6-4-10-8(9)12-7(6)11-5-13/h2-5H,1H3,(H3,9,10,11,12,13)/b3-2-. The van der Waals surface area contributed by atoms with Gasteiger partial charge in [0.1, 0.15) is 5.82 Å². The topological polar surface area (TPSA) is 80.9 Å². The average Bonchev–Trinajstić information content (AvgIpc) is 2.10. The highest BCUT2D eigenvalue weighted by molar-refractivity contribution is 5.75. The number of aromatic nitrogens is 2. The van der Waals surface area contributed by atoms with Gasteiger partial charge in [-0.25, -0.2) is 4.98 Å². The highest BCUT2D eigenvalue weighted by Gasteiger charge is 2.00. The third kappa shape index (κ3) is 2.26. The second-order valence-electron chi connectivity index (χ2n) is 2.29. The summed E-state index contributed by atoms with van der Waals surface area (Å²) < 4.78 is 0. The Morgan fingerprint density at radius 2 is 2.38 bits per heavy atom. The van der Waals surface area contributed by atoms with Crippen LogP contribution in [-0.4, -0.2) is 16.4 Å². The maximum atomic E-state index is 10.2. The van der Waals surface area contributed by atoms with Crippen molar-refractivity contribution in [1.29, 1.82) is 0 Å². The van der Waals surface area contributed by atoms with Crippen molar-refractivity contribution in [3.63, 3.8) is 0 Å². The van der Waals surface area contributed by atoms with E-state index in [1.54, 1.807) is 12.3 Å². The molecule has 0 atom stereocenters. The molecule has 0 aliphatic heterocycles. The molecule has 0 aromatic carbocycles. The monoisotopic (exact) mass is 178 g/mol. The summed E-state index contributed by atoms with van der Waals surface area (Å²) in [5, 5.41) is 2.44. The molecule has 0 saturated carbocycles. The van der Waals surface area contributed by atoms with Crippen LogP contribution in [0.25, 0.3) is 6.08 Å². The predicted molar refractivity (Wildman–Crippen MR) is 50.8 cm³/mol. The molecule has 0 unspecified atom stereocenters.